The highest BCUT2D eigenvalue weighted by atomic mass is 19.1. The molecule has 37 heavy (non-hydrogen) atoms. The van der Waals surface area contributed by atoms with Gasteiger partial charge in [-0.25, -0.2) is 15.2 Å². The maximum absolute atomic E-state index is 14.7. The molecular weight excluding hydrogens is 473 g/mol. The Kier molecular flexibility index (Phi) is 6.57. The number of fused-ring (bicyclic) bond motifs is 1. The van der Waals surface area contributed by atoms with Crippen molar-refractivity contribution in [3.8, 4) is 11.1 Å². The number of nitrogens with one attached hydrogen (secondary N) is 1. The van der Waals surface area contributed by atoms with E-state index in [-0.39, 0.29) is 22.3 Å². The topological polar surface area (TPSA) is 125 Å². The maximum Gasteiger partial charge on any atom is 0.295 e. The second kappa shape index (κ2) is 10.1. The first-order valence-corrected chi connectivity index (χ1v) is 11.8. The number of aromatic nitrogens is 2. The number of pyridine rings is 1. The molecule has 1 aliphatic heterocycles. The number of aromatic amines is 1. The number of H-pyrrole nitrogens is 1. The number of hydrogen-bond acceptors (Lipinski definition) is 7. The molecule has 10 heteroatoms. The smallest absolute Gasteiger partial charge is 0.295 e. The molecule has 1 fully saturated rings. The Bertz CT molecular complexity index is 1480. The van der Waals surface area contributed by atoms with E-state index in [4.69, 9.17) is 11.6 Å². The van der Waals surface area contributed by atoms with Gasteiger partial charge in [0.15, 0.2) is 11.6 Å². The highest BCUT2D eigenvalue weighted by Gasteiger charge is 2.30. The summed E-state index contributed by atoms with van der Waals surface area (Å²) in [4.78, 5) is 36.8. The summed E-state index contributed by atoms with van der Waals surface area (Å²) in [5, 5.41) is 1.06. The van der Waals surface area contributed by atoms with Crippen LogP contribution in [0.5, 0.6) is 0 Å². The second-order valence-corrected chi connectivity index (χ2v) is 8.62. The molecule has 0 saturated carbocycles. The van der Waals surface area contributed by atoms with Gasteiger partial charge in [-0.1, -0.05) is 48.5 Å². The molecule has 0 unspecified atom stereocenters. The minimum atomic E-state index is -0.793. The van der Waals surface area contributed by atoms with Crippen LogP contribution in [0.4, 0.5) is 15.9 Å². The van der Waals surface area contributed by atoms with Crippen molar-refractivity contribution in [3.63, 3.8) is 0 Å². The number of hydrogen-bond donors (Lipinski definition) is 3. The summed E-state index contributed by atoms with van der Waals surface area (Å²) >= 11 is 0. The fourth-order valence-electron chi connectivity index (χ4n) is 4.65. The van der Waals surface area contributed by atoms with Crippen molar-refractivity contribution in [2.45, 2.75) is 0 Å². The van der Waals surface area contributed by atoms with Gasteiger partial charge in [0.1, 0.15) is 0 Å². The Morgan fingerprint density at radius 3 is 2.46 bits per heavy atom. The first-order chi connectivity index (χ1) is 18.0. The van der Waals surface area contributed by atoms with E-state index in [1.54, 1.807) is 0 Å². The van der Waals surface area contributed by atoms with E-state index < -0.39 is 17.5 Å². The standard InChI is InChI=1S/C27H26FN7O2/c28-21-17-32-26(35(30)11-10-29)24-23(21)20(16-31-24)25(36)27(37)34-14-12-33(13-15-34)22-9-5-4-8-19(22)18-6-2-1-3-7-18/h1-11,16-17,31H,12-15,29-30H2/b11-10-. The van der Waals surface area contributed by atoms with Crippen molar-refractivity contribution < 1.29 is 14.0 Å². The molecule has 0 atom stereocenters. The van der Waals surface area contributed by atoms with E-state index in [0.717, 1.165) is 28.0 Å². The summed E-state index contributed by atoms with van der Waals surface area (Å²) in [6, 6.07) is 18.2. The van der Waals surface area contributed by atoms with Crippen LogP contribution in [0.1, 0.15) is 10.4 Å². The third-order valence-electron chi connectivity index (χ3n) is 6.47. The number of piperazine rings is 1. The number of nitrogens with zero attached hydrogens (tertiary/aromatic N) is 4. The lowest BCUT2D eigenvalue weighted by Crippen LogP contribution is -2.50. The normalized spacial score (nSPS) is 13.9. The SMILES string of the molecule is N/C=C\N(N)c1ncc(F)c2c(C(=O)C(=O)N3CCN(c4ccccc4-c4ccccc4)CC3)c[nH]c12. The van der Waals surface area contributed by atoms with Gasteiger partial charge in [-0.2, -0.15) is 0 Å². The first kappa shape index (κ1) is 24.0. The van der Waals surface area contributed by atoms with Gasteiger partial charge < -0.3 is 20.5 Å². The third kappa shape index (κ3) is 4.50. The summed E-state index contributed by atoms with van der Waals surface area (Å²) < 4.78 is 14.7. The molecule has 4 aromatic rings. The van der Waals surface area contributed by atoms with Crippen LogP contribution in [0.25, 0.3) is 22.0 Å². The molecule has 0 bridgehead atoms. The minimum absolute atomic E-state index is 0.0420. The number of ketones is 1. The minimum Gasteiger partial charge on any atom is -0.403 e. The van der Waals surface area contributed by atoms with E-state index >= 15 is 0 Å². The number of nitrogens with two attached hydrogens (primary N) is 2. The highest BCUT2D eigenvalue weighted by Crippen LogP contribution is 2.32. The van der Waals surface area contributed by atoms with Crippen molar-refractivity contribution in [1.29, 1.82) is 0 Å². The Labute approximate surface area is 212 Å². The van der Waals surface area contributed by atoms with Crippen molar-refractivity contribution in [2.75, 3.05) is 36.1 Å². The Hall–Kier alpha value is -4.70. The first-order valence-electron chi connectivity index (χ1n) is 11.8. The second-order valence-electron chi connectivity index (χ2n) is 8.62. The molecule has 3 heterocycles. The molecule has 188 valence electrons. The average Bonchev–Trinajstić information content (AvgIpc) is 3.39. The summed E-state index contributed by atoms with van der Waals surface area (Å²) in [7, 11) is 0. The molecule has 1 amide bonds. The van der Waals surface area contributed by atoms with Crippen molar-refractivity contribution in [1.82, 2.24) is 14.9 Å². The summed E-state index contributed by atoms with van der Waals surface area (Å²) in [5.74, 6) is 3.85. The number of benzene rings is 2. The molecule has 5 rings (SSSR count). The van der Waals surface area contributed by atoms with Crippen LogP contribution < -0.4 is 21.5 Å². The van der Waals surface area contributed by atoms with Crippen LogP contribution in [0, 0.1) is 5.82 Å². The molecule has 5 N–H and O–H groups in total. The van der Waals surface area contributed by atoms with Crippen molar-refractivity contribution >= 4 is 34.1 Å². The number of para-hydroxylation sites is 1. The Balaban J connectivity index is 1.34. The fraction of sp³-hybridized carbons (Fsp3) is 0.148. The molecular formula is C27H26FN7O2. The van der Waals surface area contributed by atoms with Crippen LogP contribution in [0.15, 0.2) is 79.4 Å². The molecule has 2 aromatic heterocycles. The Morgan fingerprint density at radius 1 is 1.03 bits per heavy atom. The van der Waals surface area contributed by atoms with Crippen molar-refractivity contribution in [3.05, 3.63) is 90.8 Å². The van der Waals surface area contributed by atoms with Gasteiger partial charge in [-0.3, -0.25) is 14.6 Å². The van der Waals surface area contributed by atoms with Crippen LogP contribution in [0.3, 0.4) is 0 Å². The lowest BCUT2D eigenvalue weighted by atomic mass is 10.0. The number of hydrazine groups is 1. The number of halogens is 1. The zero-order valence-corrected chi connectivity index (χ0v) is 20.0. The van der Waals surface area contributed by atoms with Gasteiger partial charge in [-0.15, -0.1) is 0 Å². The summed E-state index contributed by atoms with van der Waals surface area (Å²) in [6.45, 7) is 1.85. The van der Waals surface area contributed by atoms with Crippen molar-refractivity contribution in [2.24, 2.45) is 11.6 Å². The van der Waals surface area contributed by atoms with Crippen LogP contribution in [0.2, 0.25) is 0 Å². The van der Waals surface area contributed by atoms with E-state index in [0.29, 0.717) is 26.2 Å². The number of anilines is 2. The average molecular weight is 500 g/mol. The van der Waals surface area contributed by atoms with Crippen LogP contribution >= 0.6 is 0 Å². The zero-order chi connectivity index (χ0) is 25.9. The molecule has 1 saturated heterocycles. The number of carbonyl (C=O) groups is 2. The molecule has 9 nitrogen and oxygen atoms in total. The van der Waals surface area contributed by atoms with E-state index in [9.17, 15) is 14.0 Å². The summed E-state index contributed by atoms with van der Waals surface area (Å²) in [5.41, 5.74) is 8.80. The molecule has 2 aromatic carbocycles. The predicted octanol–water partition coefficient (Wildman–Crippen LogP) is 3.01. The number of Topliss-reactive ketones (excluding diaryl/α,β-unsaturated/α-hetero) is 1. The number of carbonyl (C=O) groups excluding carboxylic acids is 2. The largest absolute Gasteiger partial charge is 0.403 e. The van der Waals surface area contributed by atoms with Gasteiger partial charge >= 0.3 is 0 Å². The third-order valence-corrected chi connectivity index (χ3v) is 6.47. The van der Waals surface area contributed by atoms with E-state index in [2.05, 4.69) is 39.1 Å². The predicted molar refractivity (Wildman–Crippen MR) is 141 cm³/mol. The van der Waals surface area contributed by atoms with E-state index in [1.165, 1.54) is 23.5 Å². The van der Waals surface area contributed by atoms with Gasteiger partial charge in [0, 0.05) is 56.0 Å². The number of amides is 1. The quantitative estimate of drug-likeness (QED) is 0.161. The zero-order valence-electron chi connectivity index (χ0n) is 20.0. The summed E-state index contributed by atoms with van der Waals surface area (Å²) in [6.07, 6.45) is 4.81. The Morgan fingerprint density at radius 2 is 1.73 bits per heavy atom. The molecule has 1 aliphatic rings. The van der Waals surface area contributed by atoms with Gasteiger partial charge in [0.2, 0.25) is 0 Å². The lowest BCUT2D eigenvalue weighted by Gasteiger charge is -2.36. The molecule has 0 spiro atoms. The van der Waals surface area contributed by atoms with Gasteiger partial charge in [-0.05, 0) is 11.6 Å². The van der Waals surface area contributed by atoms with E-state index in [1.807, 2.05) is 30.3 Å². The maximum atomic E-state index is 14.7. The number of rotatable bonds is 6. The van der Waals surface area contributed by atoms with Gasteiger partial charge in [0.05, 0.1) is 22.7 Å². The monoisotopic (exact) mass is 499 g/mol. The molecule has 0 aliphatic carbocycles. The lowest BCUT2D eigenvalue weighted by molar-refractivity contribution is -0.126. The van der Waals surface area contributed by atoms with Crippen LogP contribution in [-0.4, -0.2) is 52.7 Å². The molecule has 0 radical (unpaired) electrons. The van der Waals surface area contributed by atoms with Crippen LogP contribution in [-0.2, 0) is 4.79 Å². The van der Waals surface area contributed by atoms with Gasteiger partial charge in [0.25, 0.3) is 11.7 Å². The fourth-order valence-corrected chi connectivity index (χ4v) is 4.65. The highest BCUT2D eigenvalue weighted by molar-refractivity contribution is 6.45.